The third kappa shape index (κ3) is 3.39. The van der Waals surface area contributed by atoms with Gasteiger partial charge < -0.3 is 11.1 Å². The van der Waals surface area contributed by atoms with E-state index in [0.717, 1.165) is 18.2 Å². The van der Waals surface area contributed by atoms with Crippen LogP contribution in [0.2, 0.25) is 0 Å². The first-order chi connectivity index (χ1) is 8.27. The molecule has 0 unspecified atom stereocenters. The molecule has 0 heterocycles. The molecule has 17 heavy (non-hydrogen) atoms. The van der Waals surface area contributed by atoms with E-state index >= 15 is 0 Å². The molecule has 1 aliphatic rings. The van der Waals surface area contributed by atoms with Crippen molar-refractivity contribution in [2.45, 2.75) is 45.4 Å². The molecule has 3 N–H and O–H groups in total. The molecule has 1 aromatic rings. The summed E-state index contributed by atoms with van der Waals surface area (Å²) in [5, 5.41) is 3.50. The highest BCUT2D eigenvalue weighted by atomic mass is 14.9. The number of nitrogens with two attached hydrogens (primary N) is 1. The van der Waals surface area contributed by atoms with Gasteiger partial charge in [0.15, 0.2) is 0 Å². The normalized spacial score (nSPS) is 16.3. The highest BCUT2D eigenvalue weighted by molar-refractivity contribution is 5.62. The molecule has 94 valence electrons. The Morgan fingerprint density at radius 2 is 2.06 bits per heavy atom. The van der Waals surface area contributed by atoms with Crippen molar-refractivity contribution in [2.24, 2.45) is 5.92 Å². The Labute approximate surface area is 105 Å². The summed E-state index contributed by atoms with van der Waals surface area (Å²) in [6.07, 6.45) is 8.47. The molecule has 0 aromatic heterocycles. The van der Waals surface area contributed by atoms with E-state index in [1.165, 1.54) is 49.8 Å². The van der Waals surface area contributed by atoms with Crippen LogP contribution >= 0.6 is 0 Å². The largest absolute Gasteiger partial charge is 0.398 e. The molecule has 0 saturated heterocycles. The molecule has 0 amide bonds. The second-order valence-corrected chi connectivity index (χ2v) is 5.24. The summed E-state index contributed by atoms with van der Waals surface area (Å²) >= 11 is 0. The first-order valence-corrected chi connectivity index (χ1v) is 6.86. The third-order valence-electron chi connectivity index (χ3n) is 3.96. The van der Waals surface area contributed by atoms with Crippen molar-refractivity contribution in [3.8, 4) is 0 Å². The summed E-state index contributed by atoms with van der Waals surface area (Å²) in [6.45, 7) is 3.15. The minimum absolute atomic E-state index is 0.880. The third-order valence-corrected chi connectivity index (χ3v) is 3.96. The molecule has 1 aromatic carbocycles. The molecule has 1 fully saturated rings. The summed E-state index contributed by atoms with van der Waals surface area (Å²) in [4.78, 5) is 0. The second kappa shape index (κ2) is 5.95. The van der Waals surface area contributed by atoms with Crippen LogP contribution in [0.15, 0.2) is 18.2 Å². The highest BCUT2D eigenvalue weighted by Crippen LogP contribution is 2.28. The fourth-order valence-electron chi connectivity index (χ4n) is 2.76. The standard InChI is InChI=1S/C15H24N2/c1-12-14(16)9-4-10-15(12)17-11-5-8-13-6-2-3-7-13/h4,9-10,13,17H,2-3,5-8,11,16H2,1H3. The van der Waals surface area contributed by atoms with Gasteiger partial charge in [-0.1, -0.05) is 31.7 Å². The molecular weight excluding hydrogens is 208 g/mol. The summed E-state index contributed by atoms with van der Waals surface area (Å²) < 4.78 is 0. The Bertz CT molecular complexity index is 354. The maximum absolute atomic E-state index is 5.88. The minimum atomic E-state index is 0.880. The number of rotatable bonds is 5. The van der Waals surface area contributed by atoms with Crippen LogP contribution in [0, 0.1) is 12.8 Å². The number of anilines is 2. The smallest absolute Gasteiger partial charge is 0.0390 e. The molecule has 2 nitrogen and oxygen atoms in total. The van der Waals surface area contributed by atoms with Gasteiger partial charge in [0.1, 0.15) is 0 Å². The van der Waals surface area contributed by atoms with Gasteiger partial charge in [0.05, 0.1) is 0 Å². The monoisotopic (exact) mass is 232 g/mol. The van der Waals surface area contributed by atoms with E-state index in [-0.39, 0.29) is 0 Å². The molecule has 2 heteroatoms. The Kier molecular flexibility index (Phi) is 4.29. The molecule has 2 rings (SSSR count). The molecule has 1 aliphatic carbocycles. The van der Waals surface area contributed by atoms with E-state index in [2.05, 4.69) is 18.3 Å². The predicted octanol–water partition coefficient (Wildman–Crippen LogP) is 3.96. The Balaban J connectivity index is 1.72. The van der Waals surface area contributed by atoms with Crippen LogP contribution in [0.3, 0.4) is 0 Å². The van der Waals surface area contributed by atoms with E-state index < -0.39 is 0 Å². The van der Waals surface area contributed by atoms with E-state index in [1.807, 2.05) is 12.1 Å². The zero-order valence-corrected chi connectivity index (χ0v) is 10.8. The lowest BCUT2D eigenvalue weighted by molar-refractivity contribution is 0.491. The highest BCUT2D eigenvalue weighted by Gasteiger charge is 2.13. The van der Waals surface area contributed by atoms with Gasteiger partial charge in [0.2, 0.25) is 0 Å². The van der Waals surface area contributed by atoms with Gasteiger partial charge in [0.25, 0.3) is 0 Å². The maximum atomic E-state index is 5.88. The minimum Gasteiger partial charge on any atom is -0.398 e. The summed E-state index contributed by atoms with van der Waals surface area (Å²) in [5.41, 5.74) is 9.13. The van der Waals surface area contributed by atoms with Gasteiger partial charge in [0, 0.05) is 17.9 Å². The van der Waals surface area contributed by atoms with Crippen LogP contribution < -0.4 is 11.1 Å². The summed E-state index contributed by atoms with van der Waals surface area (Å²) in [6, 6.07) is 6.09. The lowest BCUT2D eigenvalue weighted by Gasteiger charge is -2.12. The summed E-state index contributed by atoms with van der Waals surface area (Å²) in [7, 11) is 0. The van der Waals surface area contributed by atoms with Crippen molar-refractivity contribution in [3.05, 3.63) is 23.8 Å². The number of hydrogen-bond acceptors (Lipinski definition) is 2. The van der Waals surface area contributed by atoms with E-state index in [4.69, 9.17) is 5.73 Å². The average molecular weight is 232 g/mol. The van der Waals surface area contributed by atoms with Gasteiger partial charge in [-0.2, -0.15) is 0 Å². The van der Waals surface area contributed by atoms with Crippen molar-refractivity contribution in [1.82, 2.24) is 0 Å². The Hall–Kier alpha value is -1.18. The predicted molar refractivity (Wildman–Crippen MR) is 75.3 cm³/mol. The molecular formula is C15H24N2. The topological polar surface area (TPSA) is 38.0 Å². The van der Waals surface area contributed by atoms with Crippen molar-refractivity contribution in [3.63, 3.8) is 0 Å². The van der Waals surface area contributed by atoms with Gasteiger partial charge >= 0.3 is 0 Å². The lowest BCUT2D eigenvalue weighted by Crippen LogP contribution is -2.06. The zero-order chi connectivity index (χ0) is 12.1. The van der Waals surface area contributed by atoms with Crippen LogP contribution in [-0.4, -0.2) is 6.54 Å². The Morgan fingerprint density at radius 3 is 2.82 bits per heavy atom. The second-order valence-electron chi connectivity index (χ2n) is 5.24. The summed E-state index contributed by atoms with van der Waals surface area (Å²) in [5.74, 6) is 0.999. The van der Waals surface area contributed by atoms with Crippen molar-refractivity contribution < 1.29 is 0 Å². The molecule has 1 saturated carbocycles. The first-order valence-electron chi connectivity index (χ1n) is 6.86. The van der Waals surface area contributed by atoms with Gasteiger partial charge in [-0.15, -0.1) is 0 Å². The lowest BCUT2D eigenvalue weighted by atomic mass is 10.0. The van der Waals surface area contributed by atoms with Gasteiger partial charge in [-0.3, -0.25) is 0 Å². The van der Waals surface area contributed by atoms with Crippen molar-refractivity contribution in [2.75, 3.05) is 17.6 Å². The van der Waals surface area contributed by atoms with E-state index in [1.54, 1.807) is 0 Å². The van der Waals surface area contributed by atoms with Crippen LogP contribution in [0.25, 0.3) is 0 Å². The fraction of sp³-hybridized carbons (Fsp3) is 0.600. The quantitative estimate of drug-likeness (QED) is 0.595. The number of nitrogen functional groups attached to an aromatic ring is 1. The van der Waals surface area contributed by atoms with E-state index in [0.29, 0.717) is 0 Å². The number of hydrogen-bond donors (Lipinski definition) is 2. The molecule has 0 aliphatic heterocycles. The van der Waals surface area contributed by atoms with E-state index in [9.17, 15) is 0 Å². The van der Waals surface area contributed by atoms with Crippen molar-refractivity contribution >= 4 is 11.4 Å². The number of nitrogens with one attached hydrogen (secondary N) is 1. The molecule has 0 radical (unpaired) electrons. The molecule has 0 atom stereocenters. The van der Waals surface area contributed by atoms with Gasteiger partial charge in [-0.25, -0.2) is 0 Å². The van der Waals surface area contributed by atoms with Gasteiger partial charge in [-0.05, 0) is 43.4 Å². The molecule has 0 bridgehead atoms. The SMILES string of the molecule is Cc1c(N)cccc1NCCCC1CCCC1. The average Bonchev–Trinajstić information content (AvgIpc) is 2.83. The zero-order valence-electron chi connectivity index (χ0n) is 10.8. The van der Waals surface area contributed by atoms with Crippen molar-refractivity contribution in [1.29, 1.82) is 0 Å². The Morgan fingerprint density at radius 1 is 1.29 bits per heavy atom. The van der Waals surface area contributed by atoms with Crippen LogP contribution in [0.5, 0.6) is 0 Å². The maximum Gasteiger partial charge on any atom is 0.0390 e. The number of benzene rings is 1. The van der Waals surface area contributed by atoms with Crippen LogP contribution in [-0.2, 0) is 0 Å². The first kappa shape index (κ1) is 12.3. The van der Waals surface area contributed by atoms with Crippen LogP contribution in [0.1, 0.15) is 44.1 Å². The van der Waals surface area contributed by atoms with Crippen LogP contribution in [0.4, 0.5) is 11.4 Å². The fourth-order valence-corrected chi connectivity index (χ4v) is 2.76. The molecule has 0 spiro atoms.